The van der Waals surface area contributed by atoms with Crippen LogP contribution in [0.25, 0.3) is 0 Å². The van der Waals surface area contributed by atoms with Crippen molar-refractivity contribution in [2.24, 2.45) is 5.92 Å². The summed E-state index contributed by atoms with van der Waals surface area (Å²) in [6, 6.07) is 2.62. The Bertz CT molecular complexity index is 285. The summed E-state index contributed by atoms with van der Waals surface area (Å²) in [7, 11) is 0. The van der Waals surface area contributed by atoms with E-state index in [9.17, 15) is 0 Å². The van der Waals surface area contributed by atoms with Crippen molar-refractivity contribution in [3.05, 3.63) is 21.3 Å². The molecule has 0 fully saturated rings. The maximum atomic E-state index is 5.87. The molecule has 1 rings (SSSR count). The zero-order valence-electron chi connectivity index (χ0n) is 9.72. The van der Waals surface area contributed by atoms with Gasteiger partial charge in [-0.1, -0.05) is 31.9 Å². The molecular formula is C12H20ClNS. The van der Waals surface area contributed by atoms with Crippen LogP contribution in [0, 0.1) is 5.92 Å². The van der Waals surface area contributed by atoms with E-state index >= 15 is 0 Å². The van der Waals surface area contributed by atoms with Gasteiger partial charge in [0.25, 0.3) is 0 Å². The van der Waals surface area contributed by atoms with Crippen LogP contribution in [0.5, 0.6) is 0 Å². The van der Waals surface area contributed by atoms with E-state index in [0.717, 1.165) is 17.5 Å². The lowest BCUT2D eigenvalue weighted by atomic mass is 10.0. The highest BCUT2D eigenvalue weighted by atomic mass is 35.5. The zero-order valence-corrected chi connectivity index (χ0v) is 11.3. The lowest BCUT2D eigenvalue weighted by molar-refractivity contribution is 0.413. The highest BCUT2D eigenvalue weighted by Crippen LogP contribution is 2.19. The van der Waals surface area contributed by atoms with E-state index in [1.807, 2.05) is 11.4 Å². The molecular weight excluding hydrogens is 226 g/mol. The molecule has 1 heterocycles. The van der Waals surface area contributed by atoms with Crippen molar-refractivity contribution in [1.29, 1.82) is 0 Å². The average Bonchev–Trinajstić information content (AvgIpc) is 2.61. The Balaban J connectivity index is 2.25. The van der Waals surface area contributed by atoms with Crippen molar-refractivity contribution in [3.63, 3.8) is 0 Å². The van der Waals surface area contributed by atoms with E-state index in [1.54, 1.807) is 11.3 Å². The summed E-state index contributed by atoms with van der Waals surface area (Å²) in [4.78, 5) is 1.32. The van der Waals surface area contributed by atoms with Crippen LogP contribution in [0.15, 0.2) is 11.4 Å². The topological polar surface area (TPSA) is 12.0 Å². The van der Waals surface area contributed by atoms with Crippen molar-refractivity contribution in [3.8, 4) is 0 Å². The summed E-state index contributed by atoms with van der Waals surface area (Å²) in [5.41, 5.74) is 0. The van der Waals surface area contributed by atoms with Crippen LogP contribution >= 0.6 is 22.9 Å². The molecule has 0 spiro atoms. The van der Waals surface area contributed by atoms with E-state index in [4.69, 9.17) is 11.6 Å². The number of hydrogen-bond donors (Lipinski definition) is 1. The first-order valence-corrected chi connectivity index (χ1v) is 6.83. The second-order valence-corrected chi connectivity index (χ2v) is 5.69. The summed E-state index contributed by atoms with van der Waals surface area (Å²) in [6.07, 6.45) is 2.51. The Morgan fingerprint density at radius 2 is 2.20 bits per heavy atom. The second-order valence-electron chi connectivity index (χ2n) is 4.26. The summed E-state index contributed by atoms with van der Waals surface area (Å²) in [5, 5.41) is 6.37. The summed E-state index contributed by atoms with van der Waals surface area (Å²) in [6.45, 7) is 7.74. The average molecular weight is 246 g/mol. The van der Waals surface area contributed by atoms with Crippen molar-refractivity contribution in [2.45, 2.75) is 46.2 Å². The monoisotopic (exact) mass is 245 g/mol. The third-order valence-electron chi connectivity index (χ3n) is 2.70. The Hall–Kier alpha value is -0.0500. The van der Waals surface area contributed by atoms with Crippen molar-refractivity contribution < 1.29 is 0 Å². The fraction of sp³-hybridized carbons (Fsp3) is 0.667. The molecule has 0 saturated carbocycles. The summed E-state index contributed by atoms with van der Waals surface area (Å²) >= 11 is 7.59. The fourth-order valence-corrected chi connectivity index (χ4v) is 2.60. The van der Waals surface area contributed by atoms with Crippen molar-refractivity contribution >= 4 is 22.9 Å². The molecule has 0 amide bonds. The van der Waals surface area contributed by atoms with Gasteiger partial charge >= 0.3 is 0 Å². The predicted octanol–water partition coefficient (Wildman–Crippen LogP) is 4.32. The number of thiophene rings is 1. The number of hydrogen-bond acceptors (Lipinski definition) is 2. The molecule has 1 N–H and O–H groups in total. The minimum Gasteiger partial charge on any atom is -0.309 e. The first kappa shape index (κ1) is 13.0. The molecule has 2 unspecified atom stereocenters. The van der Waals surface area contributed by atoms with Gasteiger partial charge in [-0.15, -0.1) is 11.3 Å². The van der Waals surface area contributed by atoms with E-state index in [2.05, 4.69) is 26.1 Å². The van der Waals surface area contributed by atoms with Crippen LogP contribution in [-0.4, -0.2) is 6.04 Å². The van der Waals surface area contributed by atoms with E-state index < -0.39 is 0 Å². The van der Waals surface area contributed by atoms with Crippen LogP contribution in [-0.2, 0) is 6.54 Å². The molecule has 1 nitrogen and oxygen atoms in total. The van der Waals surface area contributed by atoms with Gasteiger partial charge in [0, 0.05) is 22.8 Å². The maximum absolute atomic E-state index is 5.87. The third kappa shape index (κ3) is 5.01. The van der Waals surface area contributed by atoms with Crippen LogP contribution in [0.2, 0.25) is 5.02 Å². The van der Waals surface area contributed by atoms with Gasteiger partial charge in [0.15, 0.2) is 0 Å². The molecule has 0 aliphatic carbocycles. The lowest BCUT2D eigenvalue weighted by Gasteiger charge is -2.16. The van der Waals surface area contributed by atoms with Crippen LogP contribution in [0.1, 0.15) is 38.5 Å². The summed E-state index contributed by atoms with van der Waals surface area (Å²) < 4.78 is 0. The van der Waals surface area contributed by atoms with Crippen LogP contribution in [0.4, 0.5) is 0 Å². The Morgan fingerprint density at radius 1 is 1.47 bits per heavy atom. The Kier molecular flexibility index (Phi) is 5.65. The highest BCUT2D eigenvalue weighted by molar-refractivity contribution is 7.10. The standard InChI is InChI=1S/C12H20ClNS/c1-4-9(2)5-10(3)14-7-12-6-11(13)8-15-12/h6,8-10,14H,4-5,7H2,1-3H3. The van der Waals surface area contributed by atoms with Gasteiger partial charge in [-0.25, -0.2) is 0 Å². The number of rotatable bonds is 6. The van der Waals surface area contributed by atoms with E-state index in [1.165, 1.54) is 17.7 Å². The third-order valence-corrected chi connectivity index (χ3v) is 3.98. The van der Waals surface area contributed by atoms with Gasteiger partial charge < -0.3 is 5.32 Å². The minimum atomic E-state index is 0.584. The second kappa shape index (κ2) is 6.51. The molecule has 0 radical (unpaired) electrons. The van der Waals surface area contributed by atoms with Gasteiger partial charge in [0.1, 0.15) is 0 Å². The van der Waals surface area contributed by atoms with Gasteiger partial charge in [0.05, 0.1) is 5.02 Å². The van der Waals surface area contributed by atoms with Crippen molar-refractivity contribution in [1.82, 2.24) is 5.32 Å². The van der Waals surface area contributed by atoms with Crippen LogP contribution in [0.3, 0.4) is 0 Å². The van der Waals surface area contributed by atoms with Gasteiger partial charge in [-0.2, -0.15) is 0 Å². The SMILES string of the molecule is CCC(C)CC(C)NCc1cc(Cl)cs1. The molecule has 15 heavy (non-hydrogen) atoms. The first-order valence-electron chi connectivity index (χ1n) is 5.58. The number of nitrogens with one attached hydrogen (secondary N) is 1. The van der Waals surface area contributed by atoms with E-state index in [-0.39, 0.29) is 0 Å². The van der Waals surface area contributed by atoms with Gasteiger partial charge in [-0.05, 0) is 25.3 Å². The Labute approximate surface area is 102 Å². The molecule has 2 atom stereocenters. The molecule has 3 heteroatoms. The smallest absolute Gasteiger partial charge is 0.0516 e. The highest BCUT2D eigenvalue weighted by Gasteiger charge is 2.07. The zero-order chi connectivity index (χ0) is 11.3. The minimum absolute atomic E-state index is 0.584. The van der Waals surface area contributed by atoms with Crippen LogP contribution < -0.4 is 5.32 Å². The normalized spacial score (nSPS) is 15.2. The van der Waals surface area contributed by atoms with Crippen molar-refractivity contribution in [2.75, 3.05) is 0 Å². The molecule has 1 aromatic rings. The molecule has 0 saturated heterocycles. The predicted molar refractivity (Wildman–Crippen MR) is 69.7 cm³/mol. The molecule has 0 aliphatic heterocycles. The van der Waals surface area contributed by atoms with E-state index in [0.29, 0.717) is 6.04 Å². The Morgan fingerprint density at radius 3 is 2.73 bits per heavy atom. The van der Waals surface area contributed by atoms with Gasteiger partial charge in [-0.3, -0.25) is 0 Å². The molecule has 0 aliphatic rings. The molecule has 86 valence electrons. The number of halogens is 1. The molecule has 1 aromatic heterocycles. The molecule has 0 bridgehead atoms. The fourth-order valence-electron chi connectivity index (χ4n) is 1.57. The maximum Gasteiger partial charge on any atom is 0.0516 e. The van der Waals surface area contributed by atoms with Gasteiger partial charge in [0.2, 0.25) is 0 Å². The molecule has 0 aromatic carbocycles. The lowest BCUT2D eigenvalue weighted by Crippen LogP contribution is -2.26. The summed E-state index contributed by atoms with van der Waals surface area (Å²) in [5.74, 6) is 0.805. The first-order chi connectivity index (χ1) is 7.11. The largest absolute Gasteiger partial charge is 0.309 e. The quantitative estimate of drug-likeness (QED) is 0.787.